The number of pyridine rings is 1. The van der Waals surface area contributed by atoms with Gasteiger partial charge in [0.05, 0.1) is 24.1 Å². The highest BCUT2D eigenvalue weighted by atomic mass is 19.1. The minimum atomic E-state index is -1.27. The van der Waals surface area contributed by atoms with Gasteiger partial charge in [-0.15, -0.1) is 0 Å². The van der Waals surface area contributed by atoms with Crippen LogP contribution in [-0.4, -0.2) is 28.9 Å². The van der Waals surface area contributed by atoms with E-state index in [1.807, 2.05) is 13.8 Å². The van der Waals surface area contributed by atoms with Crippen LogP contribution < -0.4 is 9.64 Å². The smallest absolute Gasteiger partial charge is 0.300 e. The number of carbonyl (C=O) groups excluding carboxylic acids is 2. The number of halogens is 2. The van der Waals surface area contributed by atoms with Crippen LogP contribution in [0, 0.1) is 18.6 Å². The fourth-order valence-electron chi connectivity index (χ4n) is 4.30. The maximum absolute atomic E-state index is 14.8. The predicted octanol–water partition coefficient (Wildman–Crippen LogP) is 5.43. The summed E-state index contributed by atoms with van der Waals surface area (Å²) in [6.45, 7) is 5.65. The number of benzene rings is 2. The molecule has 1 atom stereocenters. The van der Waals surface area contributed by atoms with E-state index in [-0.39, 0.29) is 17.2 Å². The Bertz CT molecular complexity index is 1350. The average Bonchev–Trinajstić information content (AvgIpc) is 3.10. The third-order valence-corrected chi connectivity index (χ3v) is 6.03. The van der Waals surface area contributed by atoms with Crippen LogP contribution in [-0.2, 0) is 9.59 Å². The predicted molar refractivity (Wildman–Crippen MR) is 127 cm³/mol. The first-order valence-electron chi connectivity index (χ1n) is 11.0. The minimum absolute atomic E-state index is 0.0347. The van der Waals surface area contributed by atoms with Crippen molar-refractivity contribution >= 4 is 23.1 Å². The third kappa shape index (κ3) is 4.16. The molecule has 1 saturated heterocycles. The van der Waals surface area contributed by atoms with Gasteiger partial charge in [0.1, 0.15) is 29.2 Å². The standard InChI is InChI=1S/C27H24F2N2O4/c1-14(2)17-13-18(15(3)11-22(17)35-4)25(32)23-24(20-7-5-6-10-30-20)31(27(34)26(23)33)21-12-16(28)8-9-19(21)29/h5-14,24,32H,1-4H3/b25-23+. The number of amides is 1. The molecule has 1 N–H and O–H groups in total. The molecule has 180 valence electrons. The fourth-order valence-corrected chi connectivity index (χ4v) is 4.30. The van der Waals surface area contributed by atoms with E-state index in [2.05, 4.69) is 4.98 Å². The number of ketones is 1. The summed E-state index contributed by atoms with van der Waals surface area (Å²) in [5.74, 6) is -3.57. The van der Waals surface area contributed by atoms with Crippen LogP contribution >= 0.6 is 0 Å². The van der Waals surface area contributed by atoms with Crippen molar-refractivity contribution in [1.82, 2.24) is 4.98 Å². The minimum Gasteiger partial charge on any atom is -0.507 e. The van der Waals surface area contributed by atoms with Crippen LogP contribution in [0.5, 0.6) is 5.75 Å². The molecule has 1 aliphatic heterocycles. The summed E-state index contributed by atoms with van der Waals surface area (Å²) in [4.78, 5) is 31.5. The number of aliphatic hydroxyl groups is 1. The molecule has 0 aliphatic carbocycles. The first-order chi connectivity index (χ1) is 16.6. The van der Waals surface area contributed by atoms with Crippen LogP contribution in [0.3, 0.4) is 0 Å². The van der Waals surface area contributed by atoms with Crippen LogP contribution in [0.2, 0.25) is 0 Å². The molecule has 1 aliphatic rings. The van der Waals surface area contributed by atoms with Gasteiger partial charge >= 0.3 is 0 Å². The Hall–Kier alpha value is -4.07. The molecule has 35 heavy (non-hydrogen) atoms. The van der Waals surface area contributed by atoms with Crippen molar-refractivity contribution in [2.45, 2.75) is 32.7 Å². The normalized spacial score (nSPS) is 17.3. The Morgan fingerprint density at radius 1 is 1.11 bits per heavy atom. The van der Waals surface area contributed by atoms with E-state index in [9.17, 15) is 23.5 Å². The molecule has 0 spiro atoms. The van der Waals surface area contributed by atoms with Gasteiger partial charge in [0.15, 0.2) is 0 Å². The second kappa shape index (κ2) is 9.29. The number of hydrogen-bond acceptors (Lipinski definition) is 5. The van der Waals surface area contributed by atoms with Crippen molar-refractivity contribution in [3.8, 4) is 5.75 Å². The van der Waals surface area contributed by atoms with Gasteiger partial charge in [0, 0.05) is 17.8 Å². The molecule has 4 rings (SSSR count). The van der Waals surface area contributed by atoms with E-state index in [1.165, 1.54) is 6.20 Å². The fraction of sp³-hybridized carbons (Fsp3) is 0.222. The lowest BCUT2D eigenvalue weighted by molar-refractivity contribution is -0.132. The van der Waals surface area contributed by atoms with Gasteiger partial charge in [0.25, 0.3) is 11.7 Å². The van der Waals surface area contributed by atoms with Gasteiger partial charge in [-0.2, -0.15) is 0 Å². The van der Waals surface area contributed by atoms with Gasteiger partial charge < -0.3 is 9.84 Å². The van der Waals surface area contributed by atoms with Gasteiger partial charge in [0.2, 0.25) is 0 Å². The molecule has 3 aromatic rings. The Labute approximate surface area is 201 Å². The van der Waals surface area contributed by atoms with Crippen molar-refractivity contribution in [2.24, 2.45) is 0 Å². The van der Waals surface area contributed by atoms with E-state index < -0.39 is 40.8 Å². The number of rotatable bonds is 5. The van der Waals surface area contributed by atoms with Crippen LogP contribution in [0.25, 0.3) is 5.76 Å². The molecule has 0 bridgehead atoms. The van der Waals surface area contributed by atoms with E-state index >= 15 is 0 Å². The number of carbonyl (C=O) groups is 2. The van der Waals surface area contributed by atoms with Crippen molar-refractivity contribution in [3.05, 3.63) is 94.3 Å². The number of aryl methyl sites for hydroxylation is 1. The topological polar surface area (TPSA) is 79.7 Å². The number of hydrogen-bond donors (Lipinski definition) is 1. The van der Waals surface area contributed by atoms with Gasteiger partial charge in [-0.1, -0.05) is 19.9 Å². The SMILES string of the molecule is COc1cc(C)c(/C(O)=C2\C(=O)C(=O)N(c3cc(F)ccc3F)C2c2ccccn2)cc1C(C)C. The Morgan fingerprint density at radius 3 is 2.49 bits per heavy atom. The number of nitrogens with zero attached hydrogens (tertiary/aromatic N) is 2. The summed E-state index contributed by atoms with van der Waals surface area (Å²) in [5, 5.41) is 11.4. The number of aromatic nitrogens is 1. The molecule has 1 fully saturated rings. The molecule has 6 nitrogen and oxygen atoms in total. The lowest BCUT2D eigenvalue weighted by Gasteiger charge is -2.25. The van der Waals surface area contributed by atoms with Gasteiger partial charge in [-0.3, -0.25) is 19.5 Å². The van der Waals surface area contributed by atoms with E-state index in [1.54, 1.807) is 44.4 Å². The Balaban J connectivity index is 2.00. The molecular formula is C27H24F2N2O4. The average molecular weight is 478 g/mol. The molecular weight excluding hydrogens is 454 g/mol. The molecule has 2 heterocycles. The van der Waals surface area contributed by atoms with E-state index in [0.29, 0.717) is 16.9 Å². The monoisotopic (exact) mass is 478 g/mol. The van der Waals surface area contributed by atoms with Crippen LogP contribution in [0.4, 0.5) is 14.5 Å². The zero-order chi connectivity index (χ0) is 25.4. The third-order valence-electron chi connectivity index (χ3n) is 6.03. The van der Waals surface area contributed by atoms with E-state index in [4.69, 9.17) is 4.74 Å². The van der Waals surface area contributed by atoms with Crippen LogP contribution in [0.1, 0.15) is 48.2 Å². The van der Waals surface area contributed by atoms with Crippen molar-refractivity contribution in [1.29, 1.82) is 0 Å². The second-order valence-corrected chi connectivity index (χ2v) is 8.58. The van der Waals surface area contributed by atoms with Crippen molar-refractivity contribution < 1.29 is 28.2 Å². The molecule has 1 unspecified atom stereocenters. The summed E-state index contributed by atoms with van der Waals surface area (Å²) in [6.07, 6.45) is 1.45. The molecule has 0 saturated carbocycles. The number of aliphatic hydroxyl groups excluding tert-OH is 1. The number of anilines is 1. The quantitative estimate of drug-likeness (QED) is 0.301. The molecule has 0 radical (unpaired) electrons. The first-order valence-corrected chi connectivity index (χ1v) is 11.0. The number of Topliss-reactive ketones (excluding diaryl/α,β-unsaturated/α-hetero) is 1. The summed E-state index contributed by atoms with van der Waals surface area (Å²) in [6, 6.07) is 9.64. The van der Waals surface area contributed by atoms with Gasteiger partial charge in [-0.25, -0.2) is 8.78 Å². The van der Waals surface area contributed by atoms with E-state index in [0.717, 1.165) is 28.7 Å². The highest BCUT2D eigenvalue weighted by Crippen LogP contribution is 2.43. The second-order valence-electron chi connectivity index (χ2n) is 8.58. The summed E-state index contributed by atoms with van der Waals surface area (Å²) < 4.78 is 34.3. The highest BCUT2D eigenvalue weighted by Gasteiger charge is 2.48. The van der Waals surface area contributed by atoms with Gasteiger partial charge in [-0.05, 0) is 60.4 Å². The van der Waals surface area contributed by atoms with Crippen molar-refractivity contribution in [2.75, 3.05) is 12.0 Å². The molecule has 1 amide bonds. The van der Waals surface area contributed by atoms with Crippen LogP contribution in [0.15, 0.2) is 60.3 Å². The zero-order valence-corrected chi connectivity index (χ0v) is 19.7. The summed E-state index contributed by atoms with van der Waals surface area (Å²) >= 11 is 0. The lowest BCUT2D eigenvalue weighted by atomic mass is 9.92. The highest BCUT2D eigenvalue weighted by molar-refractivity contribution is 6.51. The largest absolute Gasteiger partial charge is 0.507 e. The maximum atomic E-state index is 14.8. The molecule has 1 aromatic heterocycles. The number of methoxy groups -OCH3 is 1. The Kier molecular flexibility index (Phi) is 6.39. The molecule has 8 heteroatoms. The lowest BCUT2D eigenvalue weighted by Crippen LogP contribution is -2.30. The summed E-state index contributed by atoms with van der Waals surface area (Å²) in [7, 11) is 1.54. The first kappa shape index (κ1) is 24.1. The number of ether oxygens (including phenoxy) is 1. The molecule has 2 aromatic carbocycles. The Morgan fingerprint density at radius 2 is 1.86 bits per heavy atom. The van der Waals surface area contributed by atoms with Crippen molar-refractivity contribution in [3.63, 3.8) is 0 Å². The maximum Gasteiger partial charge on any atom is 0.300 e. The zero-order valence-electron chi connectivity index (χ0n) is 19.7. The summed E-state index contributed by atoms with van der Waals surface area (Å²) in [5.41, 5.74) is 1.25.